The maximum atomic E-state index is 4.08. The summed E-state index contributed by atoms with van der Waals surface area (Å²) in [5.74, 6) is 0. The van der Waals surface area contributed by atoms with E-state index in [4.69, 9.17) is 0 Å². The van der Waals surface area contributed by atoms with Gasteiger partial charge in [0.1, 0.15) is 0 Å². The van der Waals surface area contributed by atoms with Gasteiger partial charge in [0.25, 0.3) is 0 Å². The van der Waals surface area contributed by atoms with Gasteiger partial charge in [-0.3, -0.25) is 0 Å². The van der Waals surface area contributed by atoms with E-state index in [9.17, 15) is 0 Å². The highest BCUT2D eigenvalue weighted by Crippen LogP contribution is 2.60. The first-order valence-corrected chi connectivity index (χ1v) is 25.8. The second-order valence-electron chi connectivity index (χ2n) is 18.6. The Balaban J connectivity index is 0.983. The van der Waals surface area contributed by atoms with Crippen LogP contribution in [0.1, 0.15) is 44.5 Å². The number of hydrogen-bond donors (Lipinski definition) is 0. The van der Waals surface area contributed by atoms with Gasteiger partial charge in [0.2, 0.25) is 0 Å². The van der Waals surface area contributed by atoms with Gasteiger partial charge < -0.3 is 4.90 Å². The molecule has 0 aliphatic heterocycles. The summed E-state index contributed by atoms with van der Waals surface area (Å²) < 4.78 is 2.16. The minimum absolute atomic E-state index is 0.536. The Kier molecular flexibility index (Phi) is 10.7. The van der Waals surface area contributed by atoms with Crippen molar-refractivity contribution in [3.05, 3.63) is 326 Å². The third-order valence-corrected chi connectivity index (χ3v) is 16.4. The summed E-state index contributed by atoms with van der Waals surface area (Å²) in [6.45, 7) is 0. The Labute approximate surface area is 432 Å². The first-order chi connectivity index (χ1) is 35.0. The molecule has 0 aromatic heterocycles. The largest absolute Gasteiger partial charge is 0.311 e. The van der Waals surface area contributed by atoms with Gasteiger partial charge in [0.05, 0.1) is 10.8 Å². The standard InChI is InChI=1S/C68H45Br2N/c69-65-29-15-13-27-63(65)67(59-24-10-7-21-55(59)56-22-8-11-25-60(56)67)50-34-40-53(41-35-50)71(52-38-31-48(32-39-52)46-17-3-1-4-18-46)54-42-36-51(37-43-54)68(64-28-14-16-30-66(64)70)61-26-12-9-23-57(61)58-45-49(33-44-62(58)68)47-19-5-2-6-20-47/h1-45H. The van der Waals surface area contributed by atoms with Crippen LogP contribution in [0.3, 0.4) is 0 Å². The Morgan fingerprint density at radius 1 is 0.239 bits per heavy atom. The van der Waals surface area contributed by atoms with Gasteiger partial charge in [0.15, 0.2) is 0 Å². The van der Waals surface area contributed by atoms with Gasteiger partial charge in [-0.15, -0.1) is 0 Å². The van der Waals surface area contributed by atoms with Crippen molar-refractivity contribution in [1.29, 1.82) is 0 Å². The average Bonchev–Trinajstić information content (AvgIpc) is 3.90. The Morgan fingerprint density at radius 3 is 0.986 bits per heavy atom. The molecule has 11 aromatic rings. The fraction of sp³-hybridized carbons (Fsp3) is 0.0294. The van der Waals surface area contributed by atoms with Gasteiger partial charge in [-0.05, 0) is 144 Å². The Hall–Kier alpha value is -7.82. The number of nitrogens with zero attached hydrogens (tertiary/aromatic N) is 1. The van der Waals surface area contributed by atoms with Crippen molar-refractivity contribution in [2.24, 2.45) is 0 Å². The summed E-state index contributed by atoms with van der Waals surface area (Å²) in [4.78, 5) is 2.40. The van der Waals surface area contributed by atoms with E-state index in [1.54, 1.807) is 0 Å². The van der Waals surface area contributed by atoms with Crippen molar-refractivity contribution >= 4 is 48.9 Å². The maximum Gasteiger partial charge on any atom is 0.0724 e. The molecule has 1 atom stereocenters. The van der Waals surface area contributed by atoms with Crippen LogP contribution in [-0.4, -0.2) is 0 Å². The molecule has 0 radical (unpaired) electrons. The molecule has 11 aromatic carbocycles. The number of benzene rings is 11. The Bertz CT molecular complexity index is 3720. The van der Waals surface area contributed by atoms with Gasteiger partial charge in [-0.1, -0.05) is 250 Å². The van der Waals surface area contributed by atoms with E-state index in [0.717, 1.165) is 26.0 Å². The number of anilines is 3. The van der Waals surface area contributed by atoms with E-state index in [0.29, 0.717) is 0 Å². The van der Waals surface area contributed by atoms with E-state index in [-0.39, 0.29) is 0 Å². The van der Waals surface area contributed by atoms with Gasteiger partial charge in [-0.25, -0.2) is 0 Å². The average molecular weight is 1040 g/mol. The molecule has 0 amide bonds. The quantitative estimate of drug-likeness (QED) is 0.139. The highest BCUT2D eigenvalue weighted by molar-refractivity contribution is 9.10. The normalized spacial score (nSPS) is 14.8. The van der Waals surface area contributed by atoms with E-state index in [1.807, 2.05) is 0 Å². The molecule has 336 valence electrons. The fourth-order valence-corrected chi connectivity index (χ4v) is 13.1. The van der Waals surface area contributed by atoms with Crippen LogP contribution in [0.2, 0.25) is 0 Å². The third kappa shape index (κ3) is 6.79. The zero-order chi connectivity index (χ0) is 47.5. The van der Waals surface area contributed by atoms with Crippen LogP contribution in [0.25, 0.3) is 44.5 Å². The zero-order valence-corrected chi connectivity index (χ0v) is 41.9. The van der Waals surface area contributed by atoms with E-state index in [2.05, 4.69) is 310 Å². The molecule has 2 aliphatic rings. The lowest BCUT2D eigenvalue weighted by atomic mass is 9.67. The van der Waals surface area contributed by atoms with Crippen LogP contribution in [0.15, 0.2) is 282 Å². The third-order valence-electron chi connectivity index (χ3n) is 15.0. The molecule has 0 fully saturated rings. The highest BCUT2D eigenvalue weighted by Gasteiger charge is 2.48. The first-order valence-electron chi connectivity index (χ1n) is 24.2. The van der Waals surface area contributed by atoms with Crippen LogP contribution in [0.4, 0.5) is 17.1 Å². The predicted molar refractivity (Wildman–Crippen MR) is 302 cm³/mol. The van der Waals surface area contributed by atoms with Crippen LogP contribution in [0.5, 0.6) is 0 Å². The van der Waals surface area contributed by atoms with Crippen LogP contribution in [0, 0.1) is 0 Å². The molecule has 0 saturated heterocycles. The molecule has 1 nitrogen and oxygen atoms in total. The molecular weight excluding hydrogens is 991 g/mol. The molecular formula is C68H45Br2N. The highest BCUT2D eigenvalue weighted by atomic mass is 79.9. The fourth-order valence-electron chi connectivity index (χ4n) is 12.0. The number of hydrogen-bond acceptors (Lipinski definition) is 1. The van der Waals surface area contributed by atoms with E-state index < -0.39 is 10.8 Å². The summed E-state index contributed by atoms with van der Waals surface area (Å²) in [7, 11) is 0. The van der Waals surface area contributed by atoms with Crippen molar-refractivity contribution < 1.29 is 0 Å². The lowest BCUT2D eigenvalue weighted by Gasteiger charge is -2.36. The van der Waals surface area contributed by atoms with Crippen LogP contribution >= 0.6 is 31.9 Å². The molecule has 0 saturated carbocycles. The first kappa shape index (κ1) is 43.2. The second-order valence-corrected chi connectivity index (χ2v) is 20.3. The SMILES string of the molecule is Brc1ccccc1C1(c2ccc(N(c3ccc(-c4ccccc4)cc3)c3ccc(C4(c5ccccc5Br)c5ccccc5-c5cc(-c6ccccc6)ccc54)cc3)cc2)c2ccccc2-c2ccccc21. The van der Waals surface area contributed by atoms with Crippen molar-refractivity contribution in [2.45, 2.75) is 10.8 Å². The second kappa shape index (κ2) is 17.5. The zero-order valence-electron chi connectivity index (χ0n) is 38.7. The molecule has 0 N–H and O–H groups in total. The molecule has 3 heteroatoms. The maximum absolute atomic E-state index is 4.08. The number of halogens is 2. The molecule has 0 heterocycles. The van der Waals surface area contributed by atoms with Crippen molar-refractivity contribution in [3.8, 4) is 44.5 Å². The summed E-state index contributed by atoms with van der Waals surface area (Å²) in [6, 6.07) is 100. The molecule has 0 bridgehead atoms. The lowest BCUT2D eigenvalue weighted by molar-refractivity contribution is 0.763. The topological polar surface area (TPSA) is 3.24 Å². The van der Waals surface area contributed by atoms with Crippen LogP contribution in [-0.2, 0) is 10.8 Å². The Morgan fingerprint density at radius 2 is 0.549 bits per heavy atom. The van der Waals surface area contributed by atoms with Crippen molar-refractivity contribution in [3.63, 3.8) is 0 Å². The lowest BCUT2D eigenvalue weighted by Crippen LogP contribution is -2.29. The summed E-state index contributed by atoms with van der Waals surface area (Å²) in [6.07, 6.45) is 0. The van der Waals surface area contributed by atoms with Crippen LogP contribution < -0.4 is 4.90 Å². The van der Waals surface area contributed by atoms with E-state index in [1.165, 1.54) is 89.0 Å². The molecule has 13 rings (SSSR count). The van der Waals surface area contributed by atoms with Gasteiger partial charge >= 0.3 is 0 Å². The van der Waals surface area contributed by atoms with Gasteiger partial charge in [0, 0.05) is 26.0 Å². The number of fused-ring (bicyclic) bond motifs is 6. The van der Waals surface area contributed by atoms with E-state index >= 15 is 0 Å². The van der Waals surface area contributed by atoms with Crippen molar-refractivity contribution in [2.75, 3.05) is 4.90 Å². The minimum atomic E-state index is -0.586. The monoisotopic (exact) mass is 1030 g/mol. The predicted octanol–water partition coefficient (Wildman–Crippen LogP) is 18.7. The summed E-state index contributed by atoms with van der Waals surface area (Å²) >= 11 is 8.11. The molecule has 2 aliphatic carbocycles. The smallest absolute Gasteiger partial charge is 0.0724 e. The molecule has 71 heavy (non-hydrogen) atoms. The summed E-state index contributed by atoms with van der Waals surface area (Å²) in [5.41, 5.74) is 21.9. The van der Waals surface area contributed by atoms with Crippen molar-refractivity contribution in [1.82, 2.24) is 0 Å². The molecule has 0 spiro atoms. The number of rotatable bonds is 9. The minimum Gasteiger partial charge on any atom is -0.311 e. The summed E-state index contributed by atoms with van der Waals surface area (Å²) in [5, 5.41) is 0. The van der Waals surface area contributed by atoms with Gasteiger partial charge in [-0.2, -0.15) is 0 Å². The molecule has 1 unspecified atom stereocenters.